The minimum atomic E-state index is -1.55. The molecule has 2 unspecified atom stereocenters. The Morgan fingerprint density at radius 3 is 1.55 bits per heavy atom. The molecule has 10 N–H and O–H groups in total. The van der Waals surface area contributed by atoms with E-state index in [1.54, 1.807) is 0 Å². The molecule has 8 nitrogen and oxygen atoms in total. The average Bonchev–Trinajstić information content (AvgIpc) is 2.53. The summed E-state index contributed by atoms with van der Waals surface area (Å²) in [5.74, 6) is 0. The lowest BCUT2D eigenvalue weighted by atomic mass is 9.84. The quantitative estimate of drug-likeness (QED) is 0.186. The summed E-state index contributed by atoms with van der Waals surface area (Å²) >= 11 is 0. The summed E-state index contributed by atoms with van der Waals surface area (Å²) in [5.41, 5.74) is 21.1. The summed E-state index contributed by atoms with van der Waals surface area (Å²) in [5, 5.41) is 20.0. The number of aliphatic hydroxyl groups is 2. The second-order valence-corrected chi connectivity index (χ2v) is 5.45. The van der Waals surface area contributed by atoms with Gasteiger partial charge in [-0.05, 0) is 38.8 Å². The average molecular weight is 322 g/mol. The summed E-state index contributed by atoms with van der Waals surface area (Å²) in [7, 11) is 0. The highest BCUT2D eigenvalue weighted by Crippen LogP contribution is 2.18. The van der Waals surface area contributed by atoms with Gasteiger partial charge in [0.15, 0.2) is 0 Å². The van der Waals surface area contributed by atoms with Crippen molar-refractivity contribution in [1.82, 2.24) is 0 Å². The standard InChI is InChI=1S/C14H34N4O4/c15-5-1-7-21-9-3-12(17)14(20,11-19)13(18)4-10-22-8-2-6-16/h12-13,19-20H,1-11,15-18H2. The number of rotatable bonds is 15. The van der Waals surface area contributed by atoms with Gasteiger partial charge in [0.25, 0.3) is 0 Å². The van der Waals surface area contributed by atoms with E-state index in [-0.39, 0.29) is 0 Å². The van der Waals surface area contributed by atoms with Crippen LogP contribution in [0.5, 0.6) is 0 Å². The fraction of sp³-hybridized carbons (Fsp3) is 1.00. The van der Waals surface area contributed by atoms with Gasteiger partial charge >= 0.3 is 0 Å². The van der Waals surface area contributed by atoms with Crippen LogP contribution in [0.3, 0.4) is 0 Å². The number of aliphatic hydroxyl groups excluding tert-OH is 1. The zero-order chi connectivity index (χ0) is 16.8. The van der Waals surface area contributed by atoms with E-state index in [0.717, 1.165) is 12.8 Å². The molecule has 0 aromatic rings. The lowest BCUT2D eigenvalue weighted by molar-refractivity contribution is -0.0668. The Morgan fingerprint density at radius 2 is 1.23 bits per heavy atom. The first kappa shape index (κ1) is 21.7. The van der Waals surface area contributed by atoms with E-state index in [4.69, 9.17) is 32.4 Å². The topological polar surface area (TPSA) is 163 Å². The predicted octanol–water partition coefficient (Wildman–Crippen LogP) is -2.12. The normalized spacial score (nSPS) is 17.2. The van der Waals surface area contributed by atoms with Gasteiger partial charge in [-0.3, -0.25) is 0 Å². The number of hydrogen-bond acceptors (Lipinski definition) is 8. The molecule has 0 aliphatic rings. The van der Waals surface area contributed by atoms with E-state index in [1.807, 2.05) is 0 Å². The molecule has 8 heteroatoms. The summed E-state index contributed by atoms with van der Waals surface area (Å²) in [6.45, 7) is 2.54. The number of nitrogens with two attached hydrogens (primary N) is 4. The molecule has 0 bridgehead atoms. The van der Waals surface area contributed by atoms with Crippen LogP contribution in [-0.4, -0.2) is 74.0 Å². The van der Waals surface area contributed by atoms with Crippen LogP contribution in [0.15, 0.2) is 0 Å². The minimum absolute atomic E-state index is 0.392. The SMILES string of the molecule is NCCCOCCC(N)C(O)(CO)C(N)CCOCCCN. The third-order valence-electron chi connectivity index (χ3n) is 3.67. The van der Waals surface area contributed by atoms with E-state index >= 15 is 0 Å². The molecule has 0 aliphatic heterocycles. The molecule has 0 fully saturated rings. The van der Waals surface area contributed by atoms with Gasteiger partial charge in [0.05, 0.1) is 6.61 Å². The Balaban J connectivity index is 4.11. The van der Waals surface area contributed by atoms with Crippen LogP contribution >= 0.6 is 0 Å². The molecule has 0 heterocycles. The molecular formula is C14H34N4O4. The molecule has 0 aromatic heterocycles. The molecule has 0 spiro atoms. The zero-order valence-corrected chi connectivity index (χ0v) is 13.5. The van der Waals surface area contributed by atoms with Crippen molar-refractivity contribution < 1.29 is 19.7 Å². The zero-order valence-electron chi connectivity index (χ0n) is 13.5. The molecule has 22 heavy (non-hydrogen) atoms. The highest BCUT2D eigenvalue weighted by atomic mass is 16.5. The fourth-order valence-electron chi connectivity index (χ4n) is 2.00. The first-order valence-electron chi connectivity index (χ1n) is 7.93. The second-order valence-electron chi connectivity index (χ2n) is 5.45. The van der Waals surface area contributed by atoms with Crippen molar-refractivity contribution >= 4 is 0 Å². The molecule has 0 saturated heterocycles. The fourth-order valence-corrected chi connectivity index (χ4v) is 2.00. The summed E-state index contributed by atoms with van der Waals surface area (Å²) in [6.07, 6.45) is 2.37. The Kier molecular flexibility index (Phi) is 13.0. The molecule has 0 amide bonds. The lowest BCUT2D eigenvalue weighted by Gasteiger charge is -2.37. The molecule has 0 aliphatic carbocycles. The van der Waals surface area contributed by atoms with Gasteiger partial charge in [-0.15, -0.1) is 0 Å². The third kappa shape index (κ3) is 8.35. The predicted molar refractivity (Wildman–Crippen MR) is 86.2 cm³/mol. The molecule has 134 valence electrons. The van der Waals surface area contributed by atoms with Gasteiger partial charge in [-0.1, -0.05) is 0 Å². The molecular weight excluding hydrogens is 288 g/mol. The van der Waals surface area contributed by atoms with Gasteiger partial charge in [0, 0.05) is 38.5 Å². The Labute approximate surface area is 133 Å². The first-order chi connectivity index (χ1) is 10.5. The smallest absolute Gasteiger partial charge is 0.118 e. The Morgan fingerprint density at radius 1 is 0.818 bits per heavy atom. The van der Waals surface area contributed by atoms with Crippen LogP contribution in [-0.2, 0) is 9.47 Å². The highest BCUT2D eigenvalue weighted by molar-refractivity contribution is 4.97. The van der Waals surface area contributed by atoms with Crippen molar-refractivity contribution in [3.05, 3.63) is 0 Å². The van der Waals surface area contributed by atoms with E-state index in [0.29, 0.717) is 52.4 Å². The molecule has 2 atom stereocenters. The summed E-state index contributed by atoms with van der Waals surface area (Å²) in [6, 6.07) is -1.34. The van der Waals surface area contributed by atoms with Crippen molar-refractivity contribution in [1.29, 1.82) is 0 Å². The van der Waals surface area contributed by atoms with E-state index in [1.165, 1.54) is 0 Å². The Hall–Kier alpha value is -0.320. The molecule has 0 rings (SSSR count). The van der Waals surface area contributed by atoms with E-state index in [2.05, 4.69) is 0 Å². The summed E-state index contributed by atoms with van der Waals surface area (Å²) < 4.78 is 10.7. The van der Waals surface area contributed by atoms with Crippen LogP contribution in [0.1, 0.15) is 25.7 Å². The van der Waals surface area contributed by atoms with Crippen molar-refractivity contribution in [3.63, 3.8) is 0 Å². The molecule has 0 saturated carbocycles. The number of hydrogen-bond donors (Lipinski definition) is 6. The van der Waals surface area contributed by atoms with Gasteiger partial charge < -0.3 is 42.6 Å². The molecule has 0 aromatic carbocycles. The maximum Gasteiger partial charge on any atom is 0.118 e. The maximum atomic E-state index is 10.5. The van der Waals surface area contributed by atoms with E-state index in [9.17, 15) is 10.2 Å². The van der Waals surface area contributed by atoms with Crippen molar-refractivity contribution in [2.45, 2.75) is 43.4 Å². The largest absolute Gasteiger partial charge is 0.393 e. The van der Waals surface area contributed by atoms with Crippen LogP contribution in [0.4, 0.5) is 0 Å². The molecule has 0 radical (unpaired) electrons. The van der Waals surface area contributed by atoms with Crippen LogP contribution < -0.4 is 22.9 Å². The van der Waals surface area contributed by atoms with Gasteiger partial charge in [0.1, 0.15) is 5.60 Å². The van der Waals surface area contributed by atoms with Crippen LogP contribution in [0, 0.1) is 0 Å². The van der Waals surface area contributed by atoms with Gasteiger partial charge in [0.2, 0.25) is 0 Å². The lowest BCUT2D eigenvalue weighted by Crippen LogP contribution is -2.62. The van der Waals surface area contributed by atoms with Crippen molar-refractivity contribution in [3.8, 4) is 0 Å². The maximum absolute atomic E-state index is 10.5. The van der Waals surface area contributed by atoms with Gasteiger partial charge in [-0.2, -0.15) is 0 Å². The van der Waals surface area contributed by atoms with Crippen LogP contribution in [0.2, 0.25) is 0 Å². The van der Waals surface area contributed by atoms with Crippen LogP contribution in [0.25, 0.3) is 0 Å². The first-order valence-corrected chi connectivity index (χ1v) is 7.93. The minimum Gasteiger partial charge on any atom is -0.393 e. The highest BCUT2D eigenvalue weighted by Gasteiger charge is 2.39. The third-order valence-corrected chi connectivity index (χ3v) is 3.67. The van der Waals surface area contributed by atoms with Crippen molar-refractivity contribution in [2.24, 2.45) is 22.9 Å². The van der Waals surface area contributed by atoms with Crippen molar-refractivity contribution in [2.75, 3.05) is 46.1 Å². The Bertz CT molecular complexity index is 239. The second kappa shape index (κ2) is 13.1. The van der Waals surface area contributed by atoms with Gasteiger partial charge in [-0.25, -0.2) is 0 Å². The number of ether oxygens (including phenoxy) is 2. The monoisotopic (exact) mass is 322 g/mol. The summed E-state index contributed by atoms with van der Waals surface area (Å²) in [4.78, 5) is 0. The van der Waals surface area contributed by atoms with E-state index < -0.39 is 24.3 Å².